The van der Waals surface area contributed by atoms with Crippen LogP contribution in [0.2, 0.25) is 0 Å². The molecule has 7 atom stereocenters. The molecule has 0 aromatic heterocycles. The quantitative estimate of drug-likeness (QED) is 0.148. The SMILES string of the molecule is CCCCCC[C@H]1OC[C@@H](C)NC(=O)[C@H](CN)NC(=O)[C@H](CN)NC(=O)[C@H](C2CCCCCC2)NC(=O)[C@H](CC(C)C)N(C)C(=O)[C@@H]1C. The average Bonchev–Trinajstić information content (AvgIpc) is 3.34. The third kappa shape index (κ3) is 12.9. The summed E-state index contributed by atoms with van der Waals surface area (Å²) in [7, 11) is 1.65. The second kappa shape index (κ2) is 21.3. The normalized spacial score (nSPS) is 30.0. The Morgan fingerprint density at radius 1 is 0.792 bits per heavy atom. The average molecular weight is 680 g/mol. The van der Waals surface area contributed by atoms with E-state index >= 15 is 0 Å². The summed E-state index contributed by atoms with van der Waals surface area (Å²) in [4.78, 5) is 70.1. The van der Waals surface area contributed by atoms with E-state index < -0.39 is 65.9 Å². The predicted octanol–water partition coefficient (Wildman–Crippen LogP) is 1.71. The van der Waals surface area contributed by atoms with Gasteiger partial charge in [0.25, 0.3) is 0 Å². The highest BCUT2D eigenvalue weighted by atomic mass is 16.5. The Balaban J connectivity index is 2.54. The first-order chi connectivity index (χ1) is 22.8. The van der Waals surface area contributed by atoms with Crippen molar-refractivity contribution in [1.82, 2.24) is 26.2 Å². The molecule has 2 aliphatic rings. The Bertz CT molecular complexity index is 1030. The standard InChI is InChI=1S/C35H65N7O6/c1-7-8-9-14-17-29-24(5)35(47)42(6)28(18-22(2)3)33(45)41-30(25-15-12-10-11-13-16-25)34(46)40-27(20-37)32(44)39-26(19-36)31(43)38-23(4)21-48-29/h22-30H,7-21,36-37H2,1-6H3,(H,38,43)(H,39,44)(H,40,46)(H,41,45)/t23-,24-,26+,27+,28+,29-,30+/m1/s1. The molecule has 1 aliphatic carbocycles. The minimum Gasteiger partial charge on any atom is -0.375 e. The molecule has 276 valence electrons. The maximum absolute atomic E-state index is 14.2. The number of likely N-dealkylation sites (N-methyl/N-ethyl adjacent to an activating group) is 1. The van der Waals surface area contributed by atoms with Crippen LogP contribution in [0.1, 0.15) is 112 Å². The molecule has 2 rings (SSSR count). The fourth-order valence-corrected chi connectivity index (χ4v) is 6.71. The summed E-state index contributed by atoms with van der Waals surface area (Å²) in [5, 5.41) is 11.2. The highest BCUT2D eigenvalue weighted by Gasteiger charge is 2.38. The maximum Gasteiger partial charge on any atom is 0.244 e. The Morgan fingerprint density at radius 2 is 1.38 bits per heavy atom. The Morgan fingerprint density at radius 3 is 1.94 bits per heavy atom. The molecule has 13 heteroatoms. The number of amides is 5. The summed E-state index contributed by atoms with van der Waals surface area (Å²) in [5.74, 6) is -2.92. The van der Waals surface area contributed by atoms with Crippen LogP contribution in [0.25, 0.3) is 0 Å². The lowest BCUT2D eigenvalue weighted by atomic mass is 9.90. The number of unbranched alkanes of at least 4 members (excludes halogenated alkanes) is 3. The molecule has 5 amide bonds. The molecule has 0 unspecified atom stereocenters. The van der Waals surface area contributed by atoms with Gasteiger partial charge in [0.1, 0.15) is 24.2 Å². The number of carbonyl (C=O) groups excluding carboxylic acids is 5. The number of rotatable bonds is 10. The highest BCUT2D eigenvalue weighted by Crippen LogP contribution is 2.27. The molecule has 0 spiro atoms. The van der Waals surface area contributed by atoms with Crippen LogP contribution in [0.4, 0.5) is 0 Å². The number of nitrogens with two attached hydrogens (primary N) is 2. The first-order valence-corrected chi connectivity index (χ1v) is 18.3. The first-order valence-electron chi connectivity index (χ1n) is 18.3. The molecule has 0 bridgehead atoms. The van der Waals surface area contributed by atoms with Crippen LogP contribution in [0, 0.1) is 17.8 Å². The number of hydrogen-bond donors (Lipinski definition) is 6. The summed E-state index contributed by atoms with van der Waals surface area (Å²) in [6.07, 6.45) is 10.0. The molecule has 2 fully saturated rings. The first kappa shape index (κ1) is 41.4. The van der Waals surface area contributed by atoms with E-state index in [0.717, 1.165) is 64.2 Å². The van der Waals surface area contributed by atoms with E-state index in [1.807, 2.05) is 20.8 Å². The minimum atomic E-state index is -1.16. The summed E-state index contributed by atoms with van der Waals surface area (Å²) >= 11 is 0. The monoisotopic (exact) mass is 679 g/mol. The van der Waals surface area contributed by atoms with Crippen LogP contribution in [-0.2, 0) is 28.7 Å². The van der Waals surface area contributed by atoms with Crippen LogP contribution in [0.5, 0.6) is 0 Å². The smallest absolute Gasteiger partial charge is 0.244 e. The Hall–Kier alpha value is -2.77. The van der Waals surface area contributed by atoms with Crippen molar-refractivity contribution in [3.8, 4) is 0 Å². The molecule has 8 N–H and O–H groups in total. The zero-order chi connectivity index (χ0) is 35.8. The highest BCUT2D eigenvalue weighted by molar-refractivity contribution is 5.96. The van der Waals surface area contributed by atoms with Gasteiger partial charge in [-0.3, -0.25) is 24.0 Å². The second-order valence-electron chi connectivity index (χ2n) is 14.3. The van der Waals surface area contributed by atoms with Gasteiger partial charge in [0, 0.05) is 26.2 Å². The summed E-state index contributed by atoms with van der Waals surface area (Å²) in [6, 6.07) is -4.42. The van der Waals surface area contributed by atoms with Crippen LogP contribution >= 0.6 is 0 Å². The molecule has 1 heterocycles. The van der Waals surface area contributed by atoms with Gasteiger partial charge in [-0.25, -0.2) is 0 Å². The topological polar surface area (TPSA) is 198 Å². The molecule has 0 aromatic carbocycles. The number of carbonyl (C=O) groups is 5. The van der Waals surface area contributed by atoms with E-state index in [2.05, 4.69) is 28.2 Å². The fraction of sp³-hybridized carbons (Fsp3) is 0.857. The molecule has 13 nitrogen and oxygen atoms in total. The van der Waals surface area contributed by atoms with E-state index in [1.165, 1.54) is 4.90 Å². The van der Waals surface area contributed by atoms with Gasteiger partial charge in [-0.1, -0.05) is 79.1 Å². The second-order valence-corrected chi connectivity index (χ2v) is 14.3. The molecule has 1 saturated heterocycles. The van der Waals surface area contributed by atoms with Gasteiger partial charge in [-0.2, -0.15) is 0 Å². The van der Waals surface area contributed by atoms with Crippen LogP contribution in [0.3, 0.4) is 0 Å². The van der Waals surface area contributed by atoms with Gasteiger partial charge in [0.15, 0.2) is 0 Å². The van der Waals surface area contributed by atoms with E-state index in [0.29, 0.717) is 12.8 Å². The fourth-order valence-electron chi connectivity index (χ4n) is 6.71. The van der Waals surface area contributed by atoms with Gasteiger partial charge >= 0.3 is 0 Å². The van der Waals surface area contributed by atoms with Gasteiger partial charge in [0.2, 0.25) is 29.5 Å². The number of nitrogens with one attached hydrogen (secondary N) is 4. The van der Waals surface area contributed by atoms with Crippen molar-refractivity contribution in [2.45, 2.75) is 148 Å². The zero-order valence-electron chi connectivity index (χ0n) is 30.4. The van der Waals surface area contributed by atoms with Gasteiger partial charge in [-0.15, -0.1) is 0 Å². The lowest BCUT2D eigenvalue weighted by Crippen LogP contribution is -2.62. The summed E-state index contributed by atoms with van der Waals surface area (Å²) < 4.78 is 6.32. The zero-order valence-corrected chi connectivity index (χ0v) is 30.4. The van der Waals surface area contributed by atoms with E-state index in [1.54, 1.807) is 14.0 Å². The molecule has 48 heavy (non-hydrogen) atoms. The predicted molar refractivity (Wildman–Crippen MR) is 186 cm³/mol. The lowest BCUT2D eigenvalue weighted by molar-refractivity contribution is -0.147. The number of hydrogen-bond acceptors (Lipinski definition) is 8. The molecule has 1 saturated carbocycles. The van der Waals surface area contributed by atoms with E-state index in [9.17, 15) is 24.0 Å². The largest absolute Gasteiger partial charge is 0.375 e. The van der Waals surface area contributed by atoms with Gasteiger partial charge in [0.05, 0.1) is 18.6 Å². The van der Waals surface area contributed by atoms with Crippen LogP contribution in [0.15, 0.2) is 0 Å². The maximum atomic E-state index is 14.2. The van der Waals surface area contributed by atoms with Crippen molar-refractivity contribution >= 4 is 29.5 Å². The molecule has 1 aliphatic heterocycles. The van der Waals surface area contributed by atoms with Crippen molar-refractivity contribution in [3.63, 3.8) is 0 Å². The molecule has 0 aromatic rings. The Labute approximate surface area is 288 Å². The molecule has 0 radical (unpaired) electrons. The van der Waals surface area contributed by atoms with Crippen molar-refractivity contribution in [2.24, 2.45) is 29.2 Å². The Kier molecular flexibility index (Phi) is 18.4. The van der Waals surface area contributed by atoms with Crippen molar-refractivity contribution in [1.29, 1.82) is 0 Å². The van der Waals surface area contributed by atoms with E-state index in [4.69, 9.17) is 16.2 Å². The lowest BCUT2D eigenvalue weighted by Gasteiger charge is -2.35. The number of ether oxygens (including phenoxy) is 1. The third-order valence-electron chi connectivity index (χ3n) is 9.74. The van der Waals surface area contributed by atoms with Crippen LogP contribution in [-0.4, -0.2) is 97.5 Å². The number of nitrogens with zero attached hydrogens (tertiary/aromatic N) is 1. The van der Waals surface area contributed by atoms with Gasteiger partial charge < -0.3 is 42.4 Å². The summed E-state index contributed by atoms with van der Waals surface area (Å²) in [6.45, 7) is 9.47. The van der Waals surface area contributed by atoms with Crippen molar-refractivity contribution in [3.05, 3.63) is 0 Å². The van der Waals surface area contributed by atoms with Crippen molar-refractivity contribution in [2.75, 3.05) is 26.7 Å². The van der Waals surface area contributed by atoms with Crippen LogP contribution < -0.4 is 32.7 Å². The van der Waals surface area contributed by atoms with Crippen molar-refractivity contribution < 1.29 is 28.7 Å². The minimum absolute atomic E-state index is 0.0874. The van der Waals surface area contributed by atoms with E-state index in [-0.39, 0.29) is 37.4 Å². The summed E-state index contributed by atoms with van der Waals surface area (Å²) in [5.41, 5.74) is 11.8. The molecular weight excluding hydrogens is 614 g/mol. The molecular formula is C35H65N7O6. The third-order valence-corrected chi connectivity index (χ3v) is 9.74. The van der Waals surface area contributed by atoms with Gasteiger partial charge in [-0.05, 0) is 44.4 Å².